The van der Waals surface area contributed by atoms with E-state index in [4.69, 9.17) is 14.6 Å². The smallest absolute Gasteiger partial charge is 0.238 e. The molecule has 4 aromatic rings. The quantitative estimate of drug-likeness (QED) is 0.396. The SMILES string of the molecule is COc1cc2nc(C)nc(NC(C)c3ccc(-c4cccc(S(N)(=O)=O)c4)s3)c2cc1OC. The van der Waals surface area contributed by atoms with E-state index in [0.717, 1.165) is 26.2 Å². The highest BCUT2D eigenvalue weighted by Gasteiger charge is 2.16. The van der Waals surface area contributed by atoms with Crippen LogP contribution in [-0.2, 0) is 10.0 Å². The van der Waals surface area contributed by atoms with Crippen LogP contribution in [0.25, 0.3) is 21.3 Å². The van der Waals surface area contributed by atoms with Crippen molar-refractivity contribution >= 4 is 38.1 Å². The van der Waals surface area contributed by atoms with Gasteiger partial charge < -0.3 is 14.8 Å². The Labute approximate surface area is 196 Å². The molecule has 0 amide bonds. The van der Waals surface area contributed by atoms with Gasteiger partial charge in [0.15, 0.2) is 11.5 Å². The van der Waals surface area contributed by atoms with Crippen molar-refractivity contribution in [1.29, 1.82) is 0 Å². The Bertz CT molecular complexity index is 1430. The summed E-state index contributed by atoms with van der Waals surface area (Å²) in [5.41, 5.74) is 1.55. The summed E-state index contributed by atoms with van der Waals surface area (Å²) in [6, 6.07) is 14.3. The van der Waals surface area contributed by atoms with Crippen LogP contribution in [-0.4, -0.2) is 32.6 Å². The number of primary sulfonamides is 1. The van der Waals surface area contributed by atoms with Gasteiger partial charge in [0.05, 0.1) is 30.7 Å². The van der Waals surface area contributed by atoms with E-state index in [1.54, 1.807) is 37.7 Å². The van der Waals surface area contributed by atoms with Crippen molar-refractivity contribution in [3.05, 3.63) is 59.2 Å². The fourth-order valence-corrected chi connectivity index (χ4v) is 5.09. The molecular formula is C23H24N4O4S2. The average molecular weight is 485 g/mol. The molecule has 0 saturated heterocycles. The molecule has 0 fully saturated rings. The lowest BCUT2D eigenvalue weighted by Gasteiger charge is -2.16. The molecule has 0 aliphatic carbocycles. The molecule has 4 rings (SSSR count). The molecule has 0 bridgehead atoms. The number of fused-ring (bicyclic) bond motifs is 1. The first-order chi connectivity index (χ1) is 15.7. The monoisotopic (exact) mass is 484 g/mol. The summed E-state index contributed by atoms with van der Waals surface area (Å²) in [7, 11) is -0.581. The first kappa shape index (κ1) is 23.0. The van der Waals surface area contributed by atoms with E-state index in [1.807, 2.05) is 44.2 Å². The molecule has 2 aromatic carbocycles. The van der Waals surface area contributed by atoms with Crippen LogP contribution in [0.3, 0.4) is 0 Å². The zero-order valence-corrected chi connectivity index (χ0v) is 20.3. The lowest BCUT2D eigenvalue weighted by Crippen LogP contribution is -2.11. The Balaban J connectivity index is 1.66. The van der Waals surface area contributed by atoms with E-state index >= 15 is 0 Å². The molecule has 10 heteroatoms. The molecule has 3 N–H and O–H groups in total. The molecular weight excluding hydrogens is 460 g/mol. The Morgan fingerprint density at radius 2 is 1.76 bits per heavy atom. The number of hydrogen-bond donors (Lipinski definition) is 2. The number of ether oxygens (including phenoxy) is 2. The Kier molecular flexibility index (Phi) is 6.24. The summed E-state index contributed by atoms with van der Waals surface area (Å²) in [6.45, 7) is 3.88. The molecule has 172 valence electrons. The molecule has 1 unspecified atom stereocenters. The number of aromatic nitrogens is 2. The van der Waals surface area contributed by atoms with Crippen molar-refractivity contribution in [3.8, 4) is 21.9 Å². The largest absolute Gasteiger partial charge is 0.493 e. The summed E-state index contributed by atoms with van der Waals surface area (Å²) in [6.07, 6.45) is 0. The number of nitrogens with zero attached hydrogens (tertiary/aromatic N) is 2. The van der Waals surface area contributed by atoms with Gasteiger partial charge in [-0.3, -0.25) is 0 Å². The van der Waals surface area contributed by atoms with E-state index in [-0.39, 0.29) is 10.9 Å². The third-order valence-corrected chi connectivity index (χ3v) is 7.39. The maximum atomic E-state index is 11.7. The minimum Gasteiger partial charge on any atom is -0.493 e. The molecule has 0 radical (unpaired) electrons. The zero-order valence-electron chi connectivity index (χ0n) is 18.6. The molecule has 33 heavy (non-hydrogen) atoms. The van der Waals surface area contributed by atoms with Gasteiger partial charge in [0.25, 0.3) is 0 Å². The summed E-state index contributed by atoms with van der Waals surface area (Å²) in [5, 5.41) is 9.58. The number of hydrogen-bond acceptors (Lipinski definition) is 8. The predicted molar refractivity (Wildman–Crippen MR) is 131 cm³/mol. The van der Waals surface area contributed by atoms with Crippen molar-refractivity contribution in [3.63, 3.8) is 0 Å². The number of methoxy groups -OCH3 is 2. The highest BCUT2D eigenvalue weighted by molar-refractivity contribution is 7.89. The van der Waals surface area contributed by atoms with Crippen LogP contribution in [0.4, 0.5) is 5.82 Å². The van der Waals surface area contributed by atoms with E-state index in [1.165, 1.54) is 6.07 Å². The van der Waals surface area contributed by atoms with E-state index in [0.29, 0.717) is 23.1 Å². The minimum atomic E-state index is -3.76. The van der Waals surface area contributed by atoms with Gasteiger partial charge in [-0.1, -0.05) is 12.1 Å². The number of anilines is 1. The van der Waals surface area contributed by atoms with Crippen molar-refractivity contribution in [2.45, 2.75) is 24.8 Å². The fraction of sp³-hybridized carbons (Fsp3) is 0.217. The summed E-state index contributed by atoms with van der Waals surface area (Å²) >= 11 is 1.57. The molecule has 2 heterocycles. The standard InChI is InChI=1S/C23H24N4O4S2/c1-13(21-8-9-22(32-21)15-6-5-7-16(10-15)33(24,28)29)25-23-17-11-19(30-3)20(31-4)12-18(17)26-14(2)27-23/h5-13H,1-4H3,(H2,24,28,29)(H,25,26,27). The van der Waals surface area contributed by atoms with Crippen LogP contribution in [0.5, 0.6) is 11.5 Å². The second-order valence-electron chi connectivity index (χ2n) is 7.48. The van der Waals surface area contributed by atoms with E-state index in [2.05, 4.69) is 15.3 Å². The van der Waals surface area contributed by atoms with E-state index < -0.39 is 10.0 Å². The maximum absolute atomic E-state index is 11.7. The van der Waals surface area contributed by atoms with Gasteiger partial charge in [-0.05, 0) is 49.7 Å². The maximum Gasteiger partial charge on any atom is 0.238 e. The van der Waals surface area contributed by atoms with Crippen LogP contribution in [0.15, 0.2) is 53.4 Å². The lowest BCUT2D eigenvalue weighted by atomic mass is 10.1. The molecule has 8 nitrogen and oxygen atoms in total. The molecule has 0 spiro atoms. The number of thiophene rings is 1. The number of sulfonamides is 1. The van der Waals surface area contributed by atoms with Crippen molar-refractivity contribution < 1.29 is 17.9 Å². The van der Waals surface area contributed by atoms with Gasteiger partial charge in [-0.2, -0.15) is 0 Å². The van der Waals surface area contributed by atoms with Gasteiger partial charge >= 0.3 is 0 Å². The number of nitrogens with one attached hydrogen (secondary N) is 1. The van der Waals surface area contributed by atoms with Crippen molar-refractivity contribution in [2.75, 3.05) is 19.5 Å². The van der Waals surface area contributed by atoms with Crippen LogP contribution in [0.2, 0.25) is 0 Å². The van der Waals surface area contributed by atoms with Gasteiger partial charge in [-0.25, -0.2) is 23.5 Å². The number of rotatable bonds is 7. The molecule has 0 aliphatic rings. The molecule has 0 saturated carbocycles. The zero-order chi connectivity index (χ0) is 23.8. The van der Waals surface area contributed by atoms with Crippen LogP contribution < -0.4 is 19.9 Å². The van der Waals surface area contributed by atoms with Crippen LogP contribution >= 0.6 is 11.3 Å². The average Bonchev–Trinajstić information content (AvgIpc) is 3.28. The normalized spacial score (nSPS) is 12.5. The second kappa shape index (κ2) is 8.97. The summed E-state index contributed by atoms with van der Waals surface area (Å²) < 4.78 is 34.2. The third kappa shape index (κ3) is 4.77. The summed E-state index contributed by atoms with van der Waals surface area (Å²) in [5.74, 6) is 2.53. The number of benzene rings is 2. The topological polar surface area (TPSA) is 116 Å². The minimum absolute atomic E-state index is 0.0595. The Morgan fingerprint density at radius 1 is 1.03 bits per heavy atom. The fourth-order valence-electron chi connectivity index (χ4n) is 3.53. The highest BCUT2D eigenvalue weighted by atomic mass is 32.2. The van der Waals surface area contributed by atoms with Crippen LogP contribution in [0, 0.1) is 6.92 Å². The molecule has 1 atom stereocenters. The highest BCUT2D eigenvalue weighted by Crippen LogP contribution is 2.37. The number of nitrogens with two attached hydrogens (primary N) is 1. The van der Waals surface area contributed by atoms with Gasteiger partial charge in [0, 0.05) is 21.2 Å². The first-order valence-electron chi connectivity index (χ1n) is 10.1. The van der Waals surface area contributed by atoms with Gasteiger partial charge in [-0.15, -0.1) is 11.3 Å². The van der Waals surface area contributed by atoms with Crippen molar-refractivity contribution in [1.82, 2.24) is 9.97 Å². The Hall–Kier alpha value is -3.21. The van der Waals surface area contributed by atoms with E-state index in [9.17, 15) is 8.42 Å². The van der Waals surface area contributed by atoms with Crippen molar-refractivity contribution in [2.24, 2.45) is 5.14 Å². The second-order valence-corrected chi connectivity index (χ2v) is 10.2. The molecule has 0 aliphatic heterocycles. The predicted octanol–water partition coefficient (Wildman–Crippen LogP) is 4.50. The van der Waals surface area contributed by atoms with Gasteiger partial charge in [0.1, 0.15) is 11.6 Å². The summed E-state index contributed by atoms with van der Waals surface area (Å²) in [4.78, 5) is 11.2. The Morgan fingerprint density at radius 3 is 2.45 bits per heavy atom. The van der Waals surface area contributed by atoms with Gasteiger partial charge in [0.2, 0.25) is 10.0 Å². The lowest BCUT2D eigenvalue weighted by molar-refractivity contribution is 0.356. The first-order valence-corrected chi connectivity index (χ1v) is 12.5. The number of aryl methyl sites for hydroxylation is 1. The van der Waals surface area contributed by atoms with Crippen LogP contribution in [0.1, 0.15) is 23.7 Å². The molecule has 2 aromatic heterocycles. The third-order valence-electron chi connectivity index (χ3n) is 5.17.